The second-order valence-corrected chi connectivity index (χ2v) is 8.74. The van der Waals surface area contributed by atoms with Gasteiger partial charge < -0.3 is 5.32 Å². The summed E-state index contributed by atoms with van der Waals surface area (Å²) >= 11 is 9.27. The molecule has 9 heteroatoms. The average Bonchev–Trinajstić information content (AvgIpc) is 3.12. The number of benzene rings is 2. The highest BCUT2D eigenvalue weighted by molar-refractivity contribution is 8.01. The molecule has 0 bridgehead atoms. The zero-order chi connectivity index (χ0) is 20.4. The summed E-state index contributed by atoms with van der Waals surface area (Å²) in [5.74, 6) is -0.344. The lowest BCUT2D eigenvalue weighted by atomic mass is 10.2. The molecule has 146 valence electrons. The average molecular weight is 443 g/mol. The number of anilines is 1. The van der Waals surface area contributed by atoms with Crippen LogP contribution in [0.4, 0.5) is 5.69 Å². The van der Waals surface area contributed by atoms with Crippen molar-refractivity contribution in [3.63, 3.8) is 0 Å². The molecule has 0 aliphatic heterocycles. The zero-order valence-electron chi connectivity index (χ0n) is 15.3. The maximum Gasteiger partial charge on any atom is 0.261 e. The highest BCUT2D eigenvalue weighted by Crippen LogP contribution is 2.39. The lowest BCUT2D eigenvalue weighted by Crippen LogP contribution is -2.28. The summed E-state index contributed by atoms with van der Waals surface area (Å²) in [5.41, 5.74) is 1.84. The fourth-order valence-electron chi connectivity index (χ4n) is 2.74. The Morgan fingerprint density at radius 2 is 2.07 bits per heavy atom. The van der Waals surface area contributed by atoms with Crippen molar-refractivity contribution in [1.82, 2.24) is 14.5 Å². The number of aryl methyl sites for hydroxylation is 1. The summed E-state index contributed by atoms with van der Waals surface area (Å²) in [4.78, 5) is 34.6. The number of carbonyl (C=O) groups is 1. The van der Waals surface area contributed by atoms with E-state index in [1.165, 1.54) is 34.0 Å². The molecule has 0 spiro atoms. The van der Waals surface area contributed by atoms with Crippen LogP contribution in [0.25, 0.3) is 10.9 Å². The van der Waals surface area contributed by atoms with E-state index < -0.39 is 0 Å². The Morgan fingerprint density at radius 1 is 1.24 bits per heavy atom. The topological polar surface area (TPSA) is 76.9 Å². The number of rotatable bonds is 5. The number of carbonyl (C=O) groups excluding carboxylic acids is 1. The molecule has 2 heterocycles. The van der Waals surface area contributed by atoms with Gasteiger partial charge in [0.15, 0.2) is 4.34 Å². The minimum absolute atomic E-state index is 0.149. The Hall–Kier alpha value is -2.68. The lowest BCUT2D eigenvalue weighted by molar-refractivity contribution is -0.116. The van der Waals surface area contributed by atoms with Gasteiger partial charge in [-0.1, -0.05) is 41.6 Å². The standard InChI is InChI=1S/C20H15ClN4O2S2/c1-12-10-28-20(23-12)29-18-14(21)6-4-8-16(18)24-17(26)9-25-11-22-15-7-3-2-5-13(15)19(25)27/h2-8,10-11H,9H2,1H3,(H,24,26). The van der Waals surface area contributed by atoms with Crippen LogP contribution in [0.3, 0.4) is 0 Å². The molecule has 0 unspecified atom stereocenters. The van der Waals surface area contributed by atoms with E-state index in [0.717, 1.165) is 10.0 Å². The molecule has 0 fully saturated rings. The third-order valence-electron chi connectivity index (χ3n) is 4.07. The Bertz CT molecular complexity index is 1270. The molecule has 0 radical (unpaired) electrons. The Labute approximate surface area is 179 Å². The van der Waals surface area contributed by atoms with Crippen molar-refractivity contribution in [3.8, 4) is 0 Å². The first kappa shape index (κ1) is 19.6. The van der Waals surface area contributed by atoms with Crippen molar-refractivity contribution in [2.45, 2.75) is 22.7 Å². The van der Waals surface area contributed by atoms with Gasteiger partial charge in [0.05, 0.1) is 32.8 Å². The summed E-state index contributed by atoms with van der Waals surface area (Å²) in [7, 11) is 0. The number of aromatic nitrogens is 3. The number of para-hydroxylation sites is 1. The van der Waals surface area contributed by atoms with Crippen molar-refractivity contribution in [3.05, 3.63) is 75.2 Å². The van der Waals surface area contributed by atoms with Crippen molar-refractivity contribution in [2.24, 2.45) is 0 Å². The Balaban J connectivity index is 1.57. The van der Waals surface area contributed by atoms with E-state index in [0.29, 0.717) is 26.5 Å². The van der Waals surface area contributed by atoms with E-state index in [1.807, 2.05) is 18.4 Å². The Morgan fingerprint density at radius 3 is 2.86 bits per heavy atom. The highest BCUT2D eigenvalue weighted by atomic mass is 35.5. The van der Waals surface area contributed by atoms with Crippen LogP contribution in [0.15, 0.2) is 68.2 Å². The van der Waals surface area contributed by atoms with Crippen LogP contribution in [-0.2, 0) is 11.3 Å². The number of nitrogens with zero attached hydrogens (tertiary/aromatic N) is 3. The fourth-order valence-corrected chi connectivity index (χ4v) is 4.90. The Kier molecular flexibility index (Phi) is 5.66. The lowest BCUT2D eigenvalue weighted by Gasteiger charge is -2.12. The van der Waals surface area contributed by atoms with Gasteiger partial charge in [0.1, 0.15) is 6.54 Å². The maximum absolute atomic E-state index is 12.6. The number of thiazole rings is 1. The summed E-state index contributed by atoms with van der Waals surface area (Å²) in [6.07, 6.45) is 1.39. The second kappa shape index (κ2) is 8.36. The van der Waals surface area contributed by atoms with E-state index in [-0.39, 0.29) is 18.0 Å². The summed E-state index contributed by atoms with van der Waals surface area (Å²) in [5, 5.41) is 5.79. The third kappa shape index (κ3) is 4.34. The molecule has 0 aliphatic rings. The van der Waals surface area contributed by atoms with Gasteiger partial charge in [-0.05, 0) is 31.2 Å². The van der Waals surface area contributed by atoms with Crippen molar-refractivity contribution >= 4 is 57.2 Å². The number of amides is 1. The summed E-state index contributed by atoms with van der Waals surface area (Å²) in [6.45, 7) is 1.77. The molecule has 2 aromatic carbocycles. The van der Waals surface area contributed by atoms with Crippen LogP contribution in [0.2, 0.25) is 5.02 Å². The zero-order valence-corrected chi connectivity index (χ0v) is 17.6. The van der Waals surface area contributed by atoms with Crippen LogP contribution >= 0.6 is 34.7 Å². The van der Waals surface area contributed by atoms with Crippen molar-refractivity contribution < 1.29 is 4.79 Å². The minimum atomic E-state index is -0.344. The third-order valence-corrected chi connectivity index (χ3v) is 6.70. The first-order valence-electron chi connectivity index (χ1n) is 8.64. The molecular weight excluding hydrogens is 428 g/mol. The van der Waals surface area contributed by atoms with Crippen LogP contribution < -0.4 is 10.9 Å². The molecule has 4 rings (SSSR count). The summed E-state index contributed by atoms with van der Waals surface area (Å²) < 4.78 is 2.13. The number of hydrogen-bond donors (Lipinski definition) is 1. The molecule has 0 saturated heterocycles. The van der Waals surface area contributed by atoms with Crippen LogP contribution in [-0.4, -0.2) is 20.4 Å². The van der Waals surface area contributed by atoms with E-state index in [4.69, 9.17) is 11.6 Å². The predicted octanol–water partition coefficient (Wildman–Crippen LogP) is 4.60. The van der Waals surface area contributed by atoms with Gasteiger partial charge in [0, 0.05) is 11.1 Å². The van der Waals surface area contributed by atoms with E-state index >= 15 is 0 Å². The molecule has 1 N–H and O–H groups in total. The van der Waals surface area contributed by atoms with E-state index in [9.17, 15) is 9.59 Å². The van der Waals surface area contributed by atoms with Crippen LogP contribution in [0.5, 0.6) is 0 Å². The molecule has 29 heavy (non-hydrogen) atoms. The van der Waals surface area contributed by atoms with Crippen molar-refractivity contribution in [1.29, 1.82) is 0 Å². The van der Waals surface area contributed by atoms with Gasteiger partial charge in [-0.3, -0.25) is 14.2 Å². The molecule has 0 aliphatic carbocycles. The molecule has 2 aromatic heterocycles. The molecule has 0 saturated carbocycles. The molecule has 0 atom stereocenters. The predicted molar refractivity (Wildman–Crippen MR) is 117 cm³/mol. The van der Waals surface area contributed by atoms with Gasteiger partial charge in [-0.15, -0.1) is 11.3 Å². The van der Waals surface area contributed by atoms with Crippen LogP contribution in [0, 0.1) is 6.92 Å². The monoisotopic (exact) mass is 442 g/mol. The van der Waals surface area contributed by atoms with E-state index in [2.05, 4.69) is 15.3 Å². The van der Waals surface area contributed by atoms with E-state index in [1.54, 1.807) is 36.4 Å². The van der Waals surface area contributed by atoms with Crippen molar-refractivity contribution in [2.75, 3.05) is 5.32 Å². The molecule has 4 aromatic rings. The van der Waals surface area contributed by atoms with Gasteiger partial charge in [0.25, 0.3) is 5.56 Å². The fraction of sp³-hybridized carbons (Fsp3) is 0.100. The largest absolute Gasteiger partial charge is 0.323 e. The SMILES string of the molecule is Cc1csc(Sc2c(Cl)cccc2NC(=O)Cn2cnc3ccccc3c2=O)n1. The quantitative estimate of drug-likeness (QED) is 0.488. The summed E-state index contributed by atoms with van der Waals surface area (Å²) in [6, 6.07) is 12.3. The normalized spacial score (nSPS) is 11.0. The van der Waals surface area contributed by atoms with Crippen LogP contribution in [0.1, 0.15) is 5.69 Å². The number of fused-ring (bicyclic) bond motifs is 1. The maximum atomic E-state index is 12.6. The number of nitrogens with one attached hydrogen (secondary N) is 1. The molecule has 1 amide bonds. The number of hydrogen-bond acceptors (Lipinski definition) is 6. The van der Waals surface area contributed by atoms with Gasteiger partial charge in [-0.25, -0.2) is 9.97 Å². The smallest absolute Gasteiger partial charge is 0.261 e. The molecular formula is C20H15ClN4O2S2. The second-order valence-electron chi connectivity index (χ2n) is 6.22. The van der Waals surface area contributed by atoms with Gasteiger partial charge in [0.2, 0.25) is 5.91 Å². The number of halogens is 1. The molecule has 6 nitrogen and oxygen atoms in total. The highest BCUT2D eigenvalue weighted by Gasteiger charge is 2.14. The minimum Gasteiger partial charge on any atom is -0.323 e. The van der Waals surface area contributed by atoms with Gasteiger partial charge >= 0.3 is 0 Å². The van der Waals surface area contributed by atoms with Gasteiger partial charge in [-0.2, -0.15) is 0 Å². The first-order chi connectivity index (χ1) is 14.0. The first-order valence-corrected chi connectivity index (χ1v) is 10.7.